The highest BCUT2D eigenvalue weighted by Crippen LogP contribution is 2.37. The average molecular weight is 496 g/mol. The van der Waals surface area contributed by atoms with Crippen LogP contribution in [-0.2, 0) is 6.42 Å². The van der Waals surface area contributed by atoms with Crippen LogP contribution >= 0.6 is 0 Å². The number of alkyl halides is 3. The van der Waals surface area contributed by atoms with Crippen LogP contribution < -0.4 is 14.8 Å². The van der Waals surface area contributed by atoms with Crippen LogP contribution in [0.1, 0.15) is 36.5 Å². The number of anilines is 1. The van der Waals surface area contributed by atoms with E-state index >= 15 is 0 Å². The number of carbonyl (C=O) groups is 1. The standard InChI is InChI=1S/C27H24F3N3O3/c1-26(2)15-19-14-20(10-13-23(19)36-26)31-25(34)33-16-22(17-6-4-3-5-7-17)24(32-33)18-8-11-21(12-9-18)35-27(28,29)30/h3-14,22H,15-16H2,1-2H3,(H,31,34). The second-order valence-electron chi connectivity index (χ2n) is 9.39. The maximum atomic E-state index is 13.1. The Bertz CT molecular complexity index is 1310. The molecule has 0 saturated carbocycles. The highest BCUT2D eigenvalue weighted by molar-refractivity contribution is 6.08. The lowest BCUT2D eigenvalue weighted by molar-refractivity contribution is -0.274. The third-order valence-corrected chi connectivity index (χ3v) is 6.05. The molecular weight excluding hydrogens is 471 g/mol. The van der Waals surface area contributed by atoms with Gasteiger partial charge in [0.2, 0.25) is 0 Å². The van der Waals surface area contributed by atoms with Crippen molar-refractivity contribution in [3.63, 3.8) is 0 Å². The topological polar surface area (TPSA) is 63.2 Å². The van der Waals surface area contributed by atoms with Gasteiger partial charge in [-0.3, -0.25) is 0 Å². The molecule has 1 N–H and O–H groups in total. The Morgan fingerprint density at radius 3 is 2.50 bits per heavy atom. The van der Waals surface area contributed by atoms with Crippen molar-refractivity contribution in [3.05, 3.63) is 89.5 Å². The maximum Gasteiger partial charge on any atom is 0.573 e. The summed E-state index contributed by atoms with van der Waals surface area (Å²) in [4.78, 5) is 13.1. The molecule has 186 valence electrons. The number of nitrogens with zero attached hydrogens (tertiary/aromatic N) is 2. The minimum atomic E-state index is -4.77. The molecule has 0 saturated heterocycles. The van der Waals surface area contributed by atoms with Crippen LogP contribution in [0.2, 0.25) is 0 Å². The number of carbonyl (C=O) groups excluding carboxylic acids is 1. The Balaban J connectivity index is 1.38. The maximum absolute atomic E-state index is 13.1. The normalized spacial score (nSPS) is 18.3. The predicted octanol–water partition coefficient (Wildman–Crippen LogP) is 6.33. The number of ether oxygens (including phenoxy) is 2. The Kier molecular flexibility index (Phi) is 5.86. The lowest BCUT2D eigenvalue weighted by Gasteiger charge is -2.16. The van der Waals surface area contributed by atoms with Crippen LogP contribution in [0, 0.1) is 0 Å². The summed E-state index contributed by atoms with van der Waals surface area (Å²) in [6, 6.07) is 20.2. The molecular formula is C27H24F3N3O3. The third-order valence-electron chi connectivity index (χ3n) is 6.05. The zero-order valence-corrected chi connectivity index (χ0v) is 19.7. The molecule has 0 fully saturated rings. The number of hydrogen-bond donors (Lipinski definition) is 1. The summed E-state index contributed by atoms with van der Waals surface area (Å²) in [5.41, 5.74) is 3.49. The van der Waals surface area contributed by atoms with Crippen molar-refractivity contribution in [3.8, 4) is 11.5 Å². The lowest BCUT2D eigenvalue weighted by Crippen LogP contribution is -2.30. The molecule has 1 unspecified atom stereocenters. The Hall–Kier alpha value is -4.01. The van der Waals surface area contributed by atoms with Crippen molar-refractivity contribution in [1.29, 1.82) is 0 Å². The van der Waals surface area contributed by atoms with Gasteiger partial charge < -0.3 is 14.8 Å². The van der Waals surface area contributed by atoms with Crippen molar-refractivity contribution in [2.45, 2.75) is 38.1 Å². The van der Waals surface area contributed by atoms with Crippen molar-refractivity contribution < 1.29 is 27.4 Å². The minimum Gasteiger partial charge on any atom is -0.487 e. The number of halogens is 3. The molecule has 36 heavy (non-hydrogen) atoms. The van der Waals surface area contributed by atoms with Gasteiger partial charge in [-0.05, 0) is 67.4 Å². The van der Waals surface area contributed by atoms with E-state index in [-0.39, 0.29) is 23.8 Å². The minimum absolute atomic E-state index is 0.249. The Morgan fingerprint density at radius 2 is 1.81 bits per heavy atom. The number of urea groups is 1. The summed E-state index contributed by atoms with van der Waals surface area (Å²) < 4.78 is 47.5. The quantitative estimate of drug-likeness (QED) is 0.460. The van der Waals surface area contributed by atoms with Crippen LogP contribution in [0.15, 0.2) is 77.9 Å². The molecule has 0 spiro atoms. The molecule has 6 nitrogen and oxygen atoms in total. The molecule has 0 aromatic heterocycles. The smallest absolute Gasteiger partial charge is 0.487 e. The number of hydrogen-bond acceptors (Lipinski definition) is 4. The summed E-state index contributed by atoms with van der Waals surface area (Å²) in [5.74, 6) is 0.238. The van der Waals surface area contributed by atoms with E-state index in [4.69, 9.17) is 4.74 Å². The molecule has 5 rings (SSSR count). The first kappa shape index (κ1) is 23.7. The van der Waals surface area contributed by atoms with Crippen molar-refractivity contribution in [2.75, 3.05) is 11.9 Å². The van der Waals surface area contributed by atoms with Crippen molar-refractivity contribution in [1.82, 2.24) is 5.01 Å². The lowest BCUT2D eigenvalue weighted by atomic mass is 9.90. The van der Waals surface area contributed by atoms with E-state index < -0.39 is 12.4 Å². The van der Waals surface area contributed by atoms with E-state index in [0.717, 1.165) is 23.3 Å². The van der Waals surface area contributed by atoms with Crippen LogP contribution in [0.4, 0.5) is 23.7 Å². The summed E-state index contributed by atoms with van der Waals surface area (Å²) >= 11 is 0. The first-order chi connectivity index (χ1) is 17.1. The third kappa shape index (κ3) is 5.15. The molecule has 9 heteroatoms. The number of nitrogens with one attached hydrogen (secondary N) is 1. The Morgan fingerprint density at radius 1 is 1.08 bits per heavy atom. The van der Waals surface area contributed by atoms with Gasteiger partial charge in [-0.25, -0.2) is 9.80 Å². The fourth-order valence-electron chi connectivity index (χ4n) is 4.54. The second-order valence-corrected chi connectivity index (χ2v) is 9.39. The van der Waals surface area contributed by atoms with Gasteiger partial charge in [0.05, 0.1) is 12.3 Å². The van der Waals surface area contributed by atoms with Crippen molar-refractivity contribution in [2.24, 2.45) is 5.10 Å². The average Bonchev–Trinajstić information content (AvgIpc) is 3.39. The largest absolute Gasteiger partial charge is 0.573 e. The summed E-state index contributed by atoms with van der Waals surface area (Å²) in [6.07, 6.45) is -4.03. The molecule has 3 aromatic rings. The van der Waals surface area contributed by atoms with Gasteiger partial charge in [-0.1, -0.05) is 30.3 Å². The molecule has 1 atom stereocenters. The SMILES string of the molecule is CC1(C)Cc2cc(NC(=O)N3CC(c4ccccc4)C(c4ccc(OC(F)(F)F)cc4)=N3)ccc2O1. The molecule has 2 heterocycles. The fraction of sp³-hybridized carbons (Fsp3) is 0.259. The highest BCUT2D eigenvalue weighted by atomic mass is 19.4. The summed E-state index contributed by atoms with van der Waals surface area (Å²) in [7, 11) is 0. The van der Waals surface area contributed by atoms with Gasteiger partial charge in [-0.2, -0.15) is 5.10 Å². The number of fused-ring (bicyclic) bond motifs is 1. The monoisotopic (exact) mass is 495 g/mol. The van der Waals surface area contributed by atoms with E-state index in [1.807, 2.05) is 56.3 Å². The zero-order valence-electron chi connectivity index (χ0n) is 19.7. The molecule has 0 bridgehead atoms. The molecule has 0 aliphatic carbocycles. The van der Waals surface area contributed by atoms with Gasteiger partial charge >= 0.3 is 12.4 Å². The van der Waals surface area contributed by atoms with Crippen LogP contribution in [0.3, 0.4) is 0 Å². The fourth-order valence-corrected chi connectivity index (χ4v) is 4.54. The molecule has 3 aromatic carbocycles. The van der Waals surface area contributed by atoms with Gasteiger partial charge in [0.25, 0.3) is 0 Å². The zero-order chi connectivity index (χ0) is 25.5. The van der Waals surface area contributed by atoms with Crippen LogP contribution in [-0.4, -0.2) is 35.3 Å². The van der Waals surface area contributed by atoms with Gasteiger partial charge in [0, 0.05) is 23.6 Å². The molecule has 2 amide bonds. The predicted molar refractivity (Wildman–Crippen MR) is 129 cm³/mol. The highest BCUT2D eigenvalue weighted by Gasteiger charge is 2.34. The molecule has 2 aliphatic heterocycles. The van der Waals surface area contributed by atoms with Crippen molar-refractivity contribution >= 4 is 17.4 Å². The van der Waals surface area contributed by atoms with E-state index in [2.05, 4.69) is 15.2 Å². The van der Waals surface area contributed by atoms with Crippen LogP contribution in [0.25, 0.3) is 0 Å². The number of rotatable bonds is 4. The Labute approximate surface area is 206 Å². The number of hydrazone groups is 1. The summed E-state index contributed by atoms with van der Waals surface area (Å²) in [5, 5.41) is 8.81. The van der Waals surface area contributed by atoms with E-state index in [1.165, 1.54) is 29.3 Å². The molecule has 0 radical (unpaired) electrons. The first-order valence-corrected chi connectivity index (χ1v) is 11.5. The van der Waals surface area contributed by atoms with Gasteiger partial charge in [-0.15, -0.1) is 13.2 Å². The van der Waals surface area contributed by atoms with Gasteiger partial charge in [0.15, 0.2) is 0 Å². The van der Waals surface area contributed by atoms with E-state index in [9.17, 15) is 18.0 Å². The summed E-state index contributed by atoms with van der Waals surface area (Å²) in [6.45, 7) is 4.31. The van der Waals surface area contributed by atoms with E-state index in [0.29, 0.717) is 17.0 Å². The van der Waals surface area contributed by atoms with Crippen LogP contribution in [0.5, 0.6) is 11.5 Å². The first-order valence-electron chi connectivity index (χ1n) is 11.5. The van der Waals surface area contributed by atoms with E-state index in [1.54, 1.807) is 6.07 Å². The number of benzene rings is 3. The molecule has 2 aliphatic rings. The number of amides is 2. The second kappa shape index (κ2) is 8.89. The van der Waals surface area contributed by atoms with Gasteiger partial charge in [0.1, 0.15) is 17.1 Å².